The van der Waals surface area contributed by atoms with Crippen molar-refractivity contribution in [2.75, 3.05) is 0 Å². The lowest BCUT2D eigenvalue weighted by Crippen LogP contribution is -2.09. The van der Waals surface area contributed by atoms with E-state index in [4.69, 9.17) is 9.15 Å². The molecular weight excluding hydrogens is 316 g/mol. The summed E-state index contributed by atoms with van der Waals surface area (Å²) in [5.41, 5.74) is 5.10. The van der Waals surface area contributed by atoms with Crippen LogP contribution < -0.4 is 5.63 Å². The van der Waals surface area contributed by atoms with Crippen LogP contribution in [0.5, 0.6) is 0 Å². The van der Waals surface area contributed by atoms with Crippen LogP contribution in [-0.2, 0) is 11.3 Å². The molecule has 4 nitrogen and oxygen atoms in total. The van der Waals surface area contributed by atoms with Crippen LogP contribution in [0.3, 0.4) is 0 Å². The molecule has 0 aliphatic heterocycles. The van der Waals surface area contributed by atoms with E-state index < -0.39 is 11.6 Å². The number of ether oxygens (including phenoxy) is 1. The standard InChI is InChI=1S/C21H20O4/c1-12-5-6-14(3)18(9-12)21(23)24-11-16-10-19(22)25-20-15(4)13(2)7-8-17(16)20/h5-10H,11H2,1-4H3. The summed E-state index contributed by atoms with van der Waals surface area (Å²) in [6, 6.07) is 10.9. The molecule has 0 N–H and O–H groups in total. The van der Waals surface area contributed by atoms with Crippen LogP contribution in [0.1, 0.15) is 38.2 Å². The molecule has 4 heteroatoms. The lowest BCUT2D eigenvalue weighted by Gasteiger charge is -2.11. The number of carbonyl (C=O) groups is 1. The van der Waals surface area contributed by atoms with E-state index in [1.165, 1.54) is 6.07 Å². The molecule has 0 saturated carbocycles. The Kier molecular flexibility index (Phi) is 4.45. The Bertz CT molecular complexity index is 1030. The summed E-state index contributed by atoms with van der Waals surface area (Å²) >= 11 is 0. The second-order valence-electron chi connectivity index (χ2n) is 6.37. The first-order valence-corrected chi connectivity index (χ1v) is 8.14. The molecule has 0 atom stereocenters. The van der Waals surface area contributed by atoms with Crippen LogP contribution in [0.15, 0.2) is 45.6 Å². The van der Waals surface area contributed by atoms with E-state index in [2.05, 4.69) is 0 Å². The van der Waals surface area contributed by atoms with Gasteiger partial charge in [0.15, 0.2) is 0 Å². The number of hydrogen-bond donors (Lipinski definition) is 0. The van der Waals surface area contributed by atoms with Gasteiger partial charge in [-0.15, -0.1) is 0 Å². The summed E-state index contributed by atoms with van der Waals surface area (Å²) < 4.78 is 10.8. The zero-order chi connectivity index (χ0) is 18.1. The number of carbonyl (C=O) groups excluding carboxylic acids is 1. The zero-order valence-electron chi connectivity index (χ0n) is 14.8. The molecule has 0 radical (unpaired) electrons. The van der Waals surface area contributed by atoms with E-state index in [1.807, 2.05) is 58.0 Å². The van der Waals surface area contributed by atoms with Crippen molar-refractivity contribution in [3.63, 3.8) is 0 Å². The van der Waals surface area contributed by atoms with Crippen molar-refractivity contribution in [2.24, 2.45) is 0 Å². The average molecular weight is 336 g/mol. The molecule has 0 amide bonds. The molecule has 0 fully saturated rings. The van der Waals surface area contributed by atoms with Crippen LogP contribution in [-0.4, -0.2) is 5.97 Å². The first kappa shape index (κ1) is 17.0. The van der Waals surface area contributed by atoms with Crippen molar-refractivity contribution in [2.45, 2.75) is 34.3 Å². The van der Waals surface area contributed by atoms with Crippen LogP contribution in [0.2, 0.25) is 0 Å². The SMILES string of the molecule is Cc1ccc(C)c(C(=O)OCc2cc(=O)oc3c(C)c(C)ccc23)c1. The van der Waals surface area contributed by atoms with Gasteiger partial charge in [0.1, 0.15) is 12.2 Å². The fourth-order valence-electron chi connectivity index (χ4n) is 2.82. The molecule has 3 rings (SSSR count). The van der Waals surface area contributed by atoms with E-state index in [0.29, 0.717) is 16.7 Å². The lowest BCUT2D eigenvalue weighted by molar-refractivity contribution is 0.0473. The fourth-order valence-corrected chi connectivity index (χ4v) is 2.82. The fraction of sp³-hybridized carbons (Fsp3) is 0.238. The maximum atomic E-state index is 12.4. The minimum absolute atomic E-state index is 0.0246. The van der Waals surface area contributed by atoms with Crippen molar-refractivity contribution >= 4 is 16.9 Å². The Labute approximate surface area is 146 Å². The van der Waals surface area contributed by atoms with Crippen LogP contribution in [0, 0.1) is 27.7 Å². The number of esters is 1. The molecular formula is C21H20O4. The highest BCUT2D eigenvalue weighted by Crippen LogP contribution is 2.24. The third-order valence-electron chi connectivity index (χ3n) is 4.49. The van der Waals surface area contributed by atoms with Gasteiger partial charge < -0.3 is 9.15 Å². The van der Waals surface area contributed by atoms with Gasteiger partial charge >= 0.3 is 11.6 Å². The van der Waals surface area contributed by atoms with E-state index in [-0.39, 0.29) is 6.61 Å². The van der Waals surface area contributed by atoms with Gasteiger partial charge in [-0.1, -0.05) is 29.8 Å². The molecule has 0 aliphatic carbocycles. The quantitative estimate of drug-likeness (QED) is 0.526. The molecule has 0 unspecified atom stereocenters. The number of hydrogen-bond acceptors (Lipinski definition) is 4. The van der Waals surface area contributed by atoms with E-state index in [1.54, 1.807) is 0 Å². The predicted octanol–water partition coefficient (Wildman–Crippen LogP) is 4.38. The van der Waals surface area contributed by atoms with Gasteiger partial charge in [0.25, 0.3) is 0 Å². The van der Waals surface area contributed by atoms with Gasteiger partial charge in [-0.3, -0.25) is 0 Å². The second-order valence-corrected chi connectivity index (χ2v) is 6.37. The van der Waals surface area contributed by atoms with Crippen molar-refractivity contribution in [3.8, 4) is 0 Å². The molecule has 1 heterocycles. The maximum absolute atomic E-state index is 12.4. The van der Waals surface area contributed by atoms with E-state index in [9.17, 15) is 9.59 Å². The Morgan fingerprint density at radius 2 is 1.72 bits per heavy atom. The summed E-state index contributed by atoms with van der Waals surface area (Å²) in [6.45, 7) is 7.69. The highest BCUT2D eigenvalue weighted by atomic mass is 16.5. The molecule has 0 spiro atoms. The average Bonchev–Trinajstić information content (AvgIpc) is 2.58. The Morgan fingerprint density at radius 1 is 1.00 bits per heavy atom. The molecule has 0 aliphatic rings. The maximum Gasteiger partial charge on any atom is 0.338 e. The largest absolute Gasteiger partial charge is 0.457 e. The second kappa shape index (κ2) is 6.55. The summed E-state index contributed by atoms with van der Waals surface area (Å²) in [5, 5.41) is 0.788. The molecule has 2 aromatic carbocycles. The summed E-state index contributed by atoms with van der Waals surface area (Å²) in [5.74, 6) is -0.397. The highest BCUT2D eigenvalue weighted by Gasteiger charge is 2.14. The first-order chi connectivity index (χ1) is 11.9. The first-order valence-electron chi connectivity index (χ1n) is 8.14. The van der Waals surface area contributed by atoms with Crippen molar-refractivity contribution in [3.05, 3.63) is 80.2 Å². The molecule has 0 saturated heterocycles. The van der Waals surface area contributed by atoms with Crippen LogP contribution in [0.4, 0.5) is 0 Å². The predicted molar refractivity (Wildman–Crippen MR) is 97.0 cm³/mol. The normalized spacial score (nSPS) is 10.9. The van der Waals surface area contributed by atoms with Crippen LogP contribution in [0.25, 0.3) is 11.0 Å². The summed E-state index contributed by atoms with van der Waals surface area (Å²) in [4.78, 5) is 24.3. The Balaban J connectivity index is 1.93. The van der Waals surface area contributed by atoms with E-state index >= 15 is 0 Å². The monoisotopic (exact) mass is 336 g/mol. The summed E-state index contributed by atoms with van der Waals surface area (Å²) in [6.07, 6.45) is 0. The number of benzene rings is 2. The molecule has 3 aromatic rings. The van der Waals surface area contributed by atoms with Gasteiger partial charge in [0.05, 0.1) is 5.56 Å². The minimum atomic E-state index is -0.445. The van der Waals surface area contributed by atoms with Crippen molar-refractivity contribution < 1.29 is 13.9 Å². The van der Waals surface area contributed by atoms with Gasteiger partial charge in [-0.2, -0.15) is 0 Å². The molecule has 25 heavy (non-hydrogen) atoms. The summed E-state index contributed by atoms with van der Waals surface area (Å²) in [7, 11) is 0. The number of rotatable bonds is 3. The van der Waals surface area contributed by atoms with Gasteiger partial charge in [0.2, 0.25) is 0 Å². The topological polar surface area (TPSA) is 56.5 Å². The zero-order valence-corrected chi connectivity index (χ0v) is 14.8. The smallest absolute Gasteiger partial charge is 0.338 e. The number of fused-ring (bicyclic) bond motifs is 1. The van der Waals surface area contributed by atoms with Gasteiger partial charge in [-0.25, -0.2) is 9.59 Å². The molecule has 0 bridgehead atoms. The van der Waals surface area contributed by atoms with E-state index in [0.717, 1.165) is 27.6 Å². The minimum Gasteiger partial charge on any atom is -0.457 e. The van der Waals surface area contributed by atoms with Crippen molar-refractivity contribution in [1.29, 1.82) is 0 Å². The Morgan fingerprint density at radius 3 is 2.48 bits per heavy atom. The number of aryl methyl sites for hydroxylation is 4. The van der Waals surface area contributed by atoms with Gasteiger partial charge in [-0.05, 0) is 50.5 Å². The lowest BCUT2D eigenvalue weighted by atomic mass is 10.0. The molecule has 1 aromatic heterocycles. The van der Waals surface area contributed by atoms with Gasteiger partial charge in [0, 0.05) is 17.0 Å². The van der Waals surface area contributed by atoms with Crippen molar-refractivity contribution in [1.82, 2.24) is 0 Å². The third kappa shape index (κ3) is 3.33. The Hall–Kier alpha value is -2.88. The highest BCUT2D eigenvalue weighted by molar-refractivity contribution is 5.91. The molecule has 128 valence electrons. The van der Waals surface area contributed by atoms with Crippen LogP contribution >= 0.6 is 0 Å². The third-order valence-corrected chi connectivity index (χ3v) is 4.49.